The van der Waals surface area contributed by atoms with E-state index in [1.165, 1.54) is 17.2 Å². The number of nitrogens with one attached hydrogen (secondary N) is 3. The molecule has 14 nitrogen and oxygen atoms in total. The summed E-state index contributed by atoms with van der Waals surface area (Å²) in [4.78, 5) is 65.7. The van der Waals surface area contributed by atoms with Crippen LogP contribution in [0.1, 0.15) is 63.1 Å². The molecule has 2 fully saturated rings. The lowest BCUT2D eigenvalue weighted by atomic mass is 9.93. The predicted octanol–water partition coefficient (Wildman–Crippen LogP) is 4.97. The highest BCUT2D eigenvalue weighted by Crippen LogP contribution is 2.34. The highest BCUT2D eigenvalue weighted by atomic mass is 19.1. The molecule has 286 valence electrons. The Hall–Kier alpha value is -6.22. The molecule has 9 rings (SSSR count). The maximum Gasteiger partial charge on any atom is 0.262 e. The van der Waals surface area contributed by atoms with E-state index < -0.39 is 29.7 Å². The lowest BCUT2D eigenvalue weighted by Crippen LogP contribution is -2.54. The Morgan fingerprint density at radius 2 is 1.70 bits per heavy atom. The monoisotopic (exact) mass is 756 g/mol. The number of carbonyl (C=O) groups excluding carboxylic acids is 4. The average Bonchev–Trinajstić information content (AvgIpc) is 3.63. The summed E-state index contributed by atoms with van der Waals surface area (Å²) < 4.78 is 16.2. The number of nitrogens with zero attached hydrogens (tertiary/aromatic N) is 7. The van der Waals surface area contributed by atoms with Gasteiger partial charge in [-0.25, -0.2) is 14.1 Å². The molecule has 0 bridgehead atoms. The van der Waals surface area contributed by atoms with Gasteiger partial charge in [0.1, 0.15) is 11.9 Å². The molecule has 3 aromatic carbocycles. The van der Waals surface area contributed by atoms with Crippen LogP contribution in [0, 0.1) is 18.7 Å². The molecule has 5 aromatic rings. The molecular weight excluding hydrogens is 716 g/mol. The fourth-order valence-corrected chi connectivity index (χ4v) is 8.41. The second-order valence-corrected chi connectivity index (χ2v) is 15.2. The smallest absolute Gasteiger partial charge is 0.262 e. The molecule has 0 spiro atoms. The van der Waals surface area contributed by atoms with Gasteiger partial charge < -0.3 is 15.5 Å². The normalized spacial score (nSPS) is 19.0. The molecule has 4 amide bonds. The van der Waals surface area contributed by atoms with E-state index in [0.29, 0.717) is 45.5 Å². The van der Waals surface area contributed by atoms with Gasteiger partial charge in [0.2, 0.25) is 17.8 Å². The third-order valence-electron chi connectivity index (χ3n) is 11.4. The minimum Gasteiger partial charge on any atom is -0.371 e. The Morgan fingerprint density at radius 3 is 2.50 bits per heavy atom. The number of benzene rings is 3. The van der Waals surface area contributed by atoms with Crippen molar-refractivity contribution < 1.29 is 23.6 Å². The summed E-state index contributed by atoms with van der Waals surface area (Å²) in [6, 6.07) is 15.8. The summed E-state index contributed by atoms with van der Waals surface area (Å²) in [6.45, 7) is 6.35. The minimum atomic E-state index is -0.975. The lowest BCUT2D eigenvalue weighted by Gasteiger charge is -2.37. The summed E-state index contributed by atoms with van der Waals surface area (Å²) in [6.07, 6.45) is 4.90. The molecule has 0 aliphatic carbocycles. The van der Waals surface area contributed by atoms with E-state index >= 15 is 0 Å². The number of aromatic nitrogens is 4. The number of carbonyl (C=O) groups is 4. The van der Waals surface area contributed by atoms with Crippen molar-refractivity contribution in [1.29, 1.82) is 0 Å². The van der Waals surface area contributed by atoms with Crippen molar-refractivity contribution in [2.75, 3.05) is 41.7 Å². The quantitative estimate of drug-likeness (QED) is 0.184. The number of hydrogen-bond acceptors (Lipinski definition) is 11. The van der Waals surface area contributed by atoms with Gasteiger partial charge in [-0.15, -0.1) is 0 Å². The number of imide groups is 2. The Kier molecular flexibility index (Phi) is 8.95. The van der Waals surface area contributed by atoms with Crippen LogP contribution in [0.4, 0.5) is 33.2 Å². The van der Waals surface area contributed by atoms with Crippen molar-refractivity contribution >= 4 is 63.5 Å². The van der Waals surface area contributed by atoms with Crippen LogP contribution in [0.3, 0.4) is 0 Å². The van der Waals surface area contributed by atoms with Gasteiger partial charge in [-0.2, -0.15) is 10.1 Å². The van der Waals surface area contributed by atoms with Crippen molar-refractivity contribution in [3.63, 3.8) is 0 Å². The number of fused-ring (bicyclic) bond motifs is 3. The molecule has 6 heterocycles. The largest absolute Gasteiger partial charge is 0.371 e. The van der Waals surface area contributed by atoms with E-state index in [1.54, 1.807) is 36.1 Å². The van der Waals surface area contributed by atoms with Crippen molar-refractivity contribution in [2.45, 2.75) is 51.6 Å². The third kappa shape index (κ3) is 6.61. The van der Waals surface area contributed by atoms with Crippen LogP contribution in [0.25, 0.3) is 11.0 Å². The zero-order valence-electron chi connectivity index (χ0n) is 31.1. The molecule has 2 aromatic heterocycles. The fourth-order valence-electron chi connectivity index (χ4n) is 8.41. The highest BCUT2D eigenvalue weighted by molar-refractivity contribution is 6.23. The first-order chi connectivity index (χ1) is 27.1. The molecule has 1 unspecified atom stereocenters. The van der Waals surface area contributed by atoms with Gasteiger partial charge in [-0.3, -0.25) is 34.3 Å². The van der Waals surface area contributed by atoms with Crippen LogP contribution in [0.2, 0.25) is 0 Å². The van der Waals surface area contributed by atoms with Crippen LogP contribution in [0.15, 0.2) is 60.8 Å². The van der Waals surface area contributed by atoms with Gasteiger partial charge in [0.05, 0.1) is 22.2 Å². The van der Waals surface area contributed by atoms with Gasteiger partial charge in [0.15, 0.2) is 11.5 Å². The zero-order chi connectivity index (χ0) is 38.7. The minimum absolute atomic E-state index is 0.0906. The van der Waals surface area contributed by atoms with Crippen molar-refractivity contribution in [3.05, 3.63) is 94.4 Å². The summed E-state index contributed by atoms with van der Waals surface area (Å²) in [5.41, 5.74) is 6.79. The SMILES string of the molecule is Cc1ccc(Nc2nn(C)c3nc(Nc4ccc5c(c4)CN(CC4CCN(c6ccc7c(c6)C(=O)N(C6CCC(=O)NC6=O)C7=O)CC4)CC5)ncc23)c(F)c1. The van der Waals surface area contributed by atoms with Crippen molar-refractivity contribution in [2.24, 2.45) is 13.0 Å². The van der Waals surface area contributed by atoms with Gasteiger partial charge in [0, 0.05) is 63.8 Å². The van der Waals surface area contributed by atoms with Gasteiger partial charge >= 0.3 is 0 Å². The summed E-state index contributed by atoms with van der Waals surface area (Å²) in [7, 11) is 1.80. The van der Waals surface area contributed by atoms with E-state index in [1.807, 2.05) is 19.1 Å². The van der Waals surface area contributed by atoms with E-state index in [-0.39, 0.29) is 18.7 Å². The van der Waals surface area contributed by atoms with E-state index in [9.17, 15) is 23.6 Å². The molecule has 4 aliphatic heterocycles. The van der Waals surface area contributed by atoms with Crippen molar-refractivity contribution in [3.8, 4) is 0 Å². The molecule has 3 N–H and O–H groups in total. The molecular formula is C41H41FN10O4. The number of aryl methyl sites for hydroxylation is 2. The van der Waals surface area contributed by atoms with E-state index in [0.717, 1.165) is 73.8 Å². The maximum absolute atomic E-state index is 14.5. The number of rotatable bonds is 8. The predicted molar refractivity (Wildman–Crippen MR) is 207 cm³/mol. The first kappa shape index (κ1) is 35.5. The van der Waals surface area contributed by atoms with Gasteiger partial charge in [-0.1, -0.05) is 12.1 Å². The molecule has 15 heteroatoms. The van der Waals surface area contributed by atoms with Crippen LogP contribution in [0.5, 0.6) is 0 Å². The van der Waals surface area contributed by atoms with E-state index in [4.69, 9.17) is 4.98 Å². The molecule has 1 atom stereocenters. The number of anilines is 5. The summed E-state index contributed by atoms with van der Waals surface area (Å²) in [5, 5.41) is 13.9. The third-order valence-corrected chi connectivity index (χ3v) is 11.4. The molecule has 2 saturated heterocycles. The Balaban J connectivity index is 0.808. The number of amides is 4. The second kappa shape index (κ2) is 14.1. The summed E-state index contributed by atoms with van der Waals surface area (Å²) in [5.74, 6) is -0.880. The molecule has 0 radical (unpaired) electrons. The van der Waals surface area contributed by atoms with Gasteiger partial charge in [-0.05, 0) is 97.7 Å². The topological polar surface area (TPSA) is 158 Å². The second-order valence-electron chi connectivity index (χ2n) is 15.2. The average molecular weight is 757 g/mol. The fraction of sp³-hybridized carbons (Fsp3) is 0.341. The molecule has 4 aliphatic rings. The van der Waals surface area contributed by atoms with Crippen molar-refractivity contribution in [1.82, 2.24) is 34.9 Å². The Morgan fingerprint density at radius 1 is 0.875 bits per heavy atom. The van der Waals surface area contributed by atoms with Gasteiger partial charge in [0.25, 0.3) is 11.8 Å². The Bertz CT molecular complexity index is 2440. The van der Waals surface area contributed by atoms with Crippen LogP contribution >= 0.6 is 0 Å². The standard InChI is InChI=1S/C41H41FN10O4/c1-23-3-8-33(32(42)17-23)45-36-31-20-43-41(47-37(31)49(2)48-36)44-27-5-4-25-13-14-50(22-26(25)18-27)21-24-11-15-51(16-12-24)28-6-7-29-30(19-28)40(56)52(39(29)55)34-9-10-35(53)46-38(34)54/h3-8,17-20,24,34H,9-16,21-22H2,1-2H3,(H,45,48)(H,43,44,47)(H,46,53,54). The number of halogens is 1. The van der Waals surface area contributed by atoms with E-state index in [2.05, 4.69) is 54.0 Å². The van der Waals surface area contributed by atoms with Crippen LogP contribution < -0.4 is 20.9 Å². The van der Waals surface area contributed by atoms with Crippen LogP contribution in [-0.2, 0) is 29.6 Å². The molecule has 0 saturated carbocycles. The first-order valence-electron chi connectivity index (χ1n) is 19.0. The van der Waals surface area contributed by atoms with Crippen LogP contribution in [-0.4, -0.2) is 85.4 Å². The number of hydrogen-bond donors (Lipinski definition) is 3. The number of piperidine rings is 2. The highest BCUT2D eigenvalue weighted by Gasteiger charge is 2.45. The Labute approximate surface area is 322 Å². The zero-order valence-corrected chi connectivity index (χ0v) is 31.1. The first-order valence-corrected chi connectivity index (χ1v) is 19.0. The molecule has 56 heavy (non-hydrogen) atoms. The lowest BCUT2D eigenvalue weighted by molar-refractivity contribution is -0.136. The maximum atomic E-state index is 14.5. The summed E-state index contributed by atoms with van der Waals surface area (Å²) >= 11 is 0.